The highest BCUT2D eigenvalue weighted by Gasteiger charge is 2.74. The highest BCUT2D eigenvalue weighted by atomic mass is 32.2. The number of carbonyl (C=O) groups is 3. The predicted octanol–water partition coefficient (Wildman–Crippen LogP) is 3.49. The van der Waals surface area contributed by atoms with Crippen LogP contribution in [0.25, 0.3) is 0 Å². The number of benzene rings is 1. The van der Waals surface area contributed by atoms with Crippen LogP contribution in [0.15, 0.2) is 55.6 Å². The molecular formula is C29H39N3O4S. The van der Waals surface area contributed by atoms with E-state index in [9.17, 15) is 19.5 Å². The van der Waals surface area contributed by atoms with Gasteiger partial charge in [-0.1, -0.05) is 43.7 Å². The van der Waals surface area contributed by atoms with Crippen LogP contribution in [0.5, 0.6) is 0 Å². The van der Waals surface area contributed by atoms with Crippen LogP contribution in [0.2, 0.25) is 0 Å². The van der Waals surface area contributed by atoms with Crippen LogP contribution in [-0.4, -0.2) is 80.9 Å². The van der Waals surface area contributed by atoms with Crippen LogP contribution < -0.4 is 4.90 Å². The molecule has 1 spiro atoms. The molecule has 200 valence electrons. The van der Waals surface area contributed by atoms with E-state index in [0.717, 1.165) is 24.9 Å². The summed E-state index contributed by atoms with van der Waals surface area (Å²) in [4.78, 5) is 47.4. The number of fused-ring (bicyclic) bond motifs is 1. The van der Waals surface area contributed by atoms with Crippen LogP contribution in [-0.2, 0) is 14.4 Å². The van der Waals surface area contributed by atoms with Crippen molar-refractivity contribution in [2.24, 2.45) is 11.8 Å². The topological polar surface area (TPSA) is 81.2 Å². The second-order valence-electron chi connectivity index (χ2n) is 10.3. The minimum Gasteiger partial charge on any atom is -0.395 e. The van der Waals surface area contributed by atoms with E-state index in [0.29, 0.717) is 19.5 Å². The summed E-state index contributed by atoms with van der Waals surface area (Å²) in [7, 11) is 0. The summed E-state index contributed by atoms with van der Waals surface area (Å²) in [5, 5.41) is 9.84. The van der Waals surface area contributed by atoms with Crippen LogP contribution in [0, 0.1) is 11.8 Å². The summed E-state index contributed by atoms with van der Waals surface area (Å²) < 4.78 is -0.670. The Balaban J connectivity index is 1.73. The van der Waals surface area contributed by atoms with Gasteiger partial charge in [-0.15, -0.1) is 24.9 Å². The van der Waals surface area contributed by atoms with Crippen molar-refractivity contribution < 1.29 is 19.5 Å². The molecule has 8 heteroatoms. The summed E-state index contributed by atoms with van der Waals surface area (Å²) in [6.07, 6.45) is 6.70. The number of thioether (sulfide) groups is 1. The minimum absolute atomic E-state index is 0.000718. The monoisotopic (exact) mass is 525 g/mol. The average molecular weight is 526 g/mol. The Morgan fingerprint density at radius 1 is 1.22 bits per heavy atom. The van der Waals surface area contributed by atoms with Crippen molar-refractivity contribution in [2.45, 2.75) is 61.6 Å². The van der Waals surface area contributed by atoms with Crippen molar-refractivity contribution in [1.29, 1.82) is 0 Å². The summed E-state index contributed by atoms with van der Waals surface area (Å²) in [5.41, 5.74) is 0.769. The van der Waals surface area contributed by atoms with Crippen LogP contribution in [0.4, 0.5) is 5.69 Å². The van der Waals surface area contributed by atoms with Crippen molar-refractivity contribution in [3.8, 4) is 0 Å². The molecule has 1 aromatic rings. The van der Waals surface area contributed by atoms with Gasteiger partial charge in [0.05, 0.1) is 23.2 Å². The number of carbonyl (C=O) groups excluding carboxylic acids is 3. The Morgan fingerprint density at radius 3 is 2.54 bits per heavy atom. The first kappa shape index (κ1) is 27.5. The van der Waals surface area contributed by atoms with E-state index in [2.05, 4.69) is 20.1 Å². The van der Waals surface area contributed by atoms with Crippen molar-refractivity contribution in [3.05, 3.63) is 55.6 Å². The highest BCUT2D eigenvalue weighted by Crippen LogP contribution is 2.66. The fraction of sp³-hybridized carbons (Fsp3) is 0.552. The Morgan fingerprint density at radius 2 is 1.92 bits per heavy atom. The number of hydrogen-bond donors (Lipinski definition) is 1. The number of β-amino-alcohol motifs (C(OH)–C–C–N with tert-alkyl or cyclic N) is 1. The molecule has 0 saturated carbocycles. The smallest absolute Gasteiger partial charge is 0.247 e. The van der Waals surface area contributed by atoms with Gasteiger partial charge in [0, 0.05) is 36.6 Å². The normalized spacial score (nSPS) is 28.6. The summed E-state index contributed by atoms with van der Waals surface area (Å²) in [6.45, 7) is 12.4. The van der Waals surface area contributed by atoms with Gasteiger partial charge in [-0.2, -0.15) is 0 Å². The second-order valence-corrected chi connectivity index (χ2v) is 11.9. The number of aliphatic hydroxyl groups is 1. The number of para-hydroxylation sites is 1. The average Bonchev–Trinajstić information content (AvgIpc) is 3.53. The Hall–Kier alpha value is -2.58. The van der Waals surface area contributed by atoms with Gasteiger partial charge >= 0.3 is 0 Å². The highest BCUT2D eigenvalue weighted by molar-refractivity contribution is 8.02. The first-order chi connectivity index (χ1) is 17.9. The molecule has 1 N–H and O–H groups in total. The number of amides is 3. The minimum atomic E-state index is -0.700. The van der Waals surface area contributed by atoms with Crippen molar-refractivity contribution >= 4 is 35.2 Å². The zero-order valence-electron chi connectivity index (χ0n) is 21.9. The Labute approximate surface area is 224 Å². The molecule has 4 rings (SSSR count). The molecule has 7 nitrogen and oxygen atoms in total. The molecule has 0 radical (unpaired) electrons. The molecule has 3 fully saturated rings. The molecule has 3 aliphatic heterocycles. The van der Waals surface area contributed by atoms with Gasteiger partial charge in [-0.25, -0.2) is 0 Å². The lowest BCUT2D eigenvalue weighted by atomic mass is 9.70. The van der Waals surface area contributed by atoms with Crippen molar-refractivity contribution in [2.75, 3.05) is 31.1 Å². The first-order valence-electron chi connectivity index (χ1n) is 13.3. The zero-order valence-corrected chi connectivity index (χ0v) is 22.7. The van der Waals surface area contributed by atoms with Gasteiger partial charge in [0.25, 0.3) is 0 Å². The lowest BCUT2D eigenvalue weighted by Gasteiger charge is -2.39. The molecule has 0 aliphatic carbocycles. The van der Waals surface area contributed by atoms with E-state index in [-0.39, 0.29) is 42.2 Å². The molecular weight excluding hydrogens is 486 g/mol. The number of rotatable bonds is 12. The molecule has 3 heterocycles. The number of anilines is 1. The number of nitrogens with zero attached hydrogens (tertiary/aromatic N) is 3. The van der Waals surface area contributed by atoms with Crippen LogP contribution >= 0.6 is 11.8 Å². The van der Waals surface area contributed by atoms with Gasteiger partial charge in [-0.05, 0) is 38.3 Å². The zero-order chi connectivity index (χ0) is 26.7. The maximum Gasteiger partial charge on any atom is 0.247 e. The SMILES string of the molecule is C=CCN(C(=O)[C@@H]1[C@H]2C(=O)N(CCO)C(C(=O)N(CC=C)C(C)CCC)C23CC[C@H]1S3)c1ccccc1. The van der Waals surface area contributed by atoms with E-state index in [1.165, 1.54) is 0 Å². The molecule has 0 aromatic heterocycles. The second kappa shape index (κ2) is 11.4. The molecule has 37 heavy (non-hydrogen) atoms. The van der Waals surface area contributed by atoms with E-state index >= 15 is 0 Å². The molecule has 3 unspecified atom stereocenters. The van der Waals surface area contributed by atoms with E-state index in [4.69, 9.17) is 0 Å². The lowest BCUT2D eigenvalue weighted by molar-refractivity contribution is -0.144. The van der Waals surface area contributed by atoms with E-state index < -0.39 is 22.6 Å². The predicted molar refractivity (Wildman–Crippen MR) is 148 cm³/mol. The maximum absolute atomic E-state index is 14.2. The lowest BCUT2D eigenvalue weighted by Crippen LogP contribution is -2.57. The number of aliphatic hydroxyl groups excluding tert-OH is 1. The molecule has 3 aliphatic rings. The molecule has 6 atom stereocenters. The van der Waals surface area contributed by atoms with Crippen molar-refractivity contribution in [3.63, 3.8) is 0 Å². The first-order valence-corrected chi connectivity index (χ1v) is 14.2. The van der Waals surface area contributed by atoms with Crippen molar-refractivity contribution in [1.82, 2.24) is 9.80 Å². The Bertz CT molecular complexity index is 1030. The molecule has 3 amide bonds. The standard InChI is InChI=1S/C29H39N3O4S/c1-5-11-20(4)30(16-6-2)28(36)25-29-15-14-22(37-29)23(24(29)27(35)32(25)18-19-33)26(34)31(17-7-3)21-12-9-8-10-13-21/h6-10,12-13,20,22-25,33H,2-3,5,11,14-19H2,1,4H3/t20?,22-,23+,24+,25?,29?/m1/s1. The number of hydrogen-bond acceptors (Lipinski definition) is 5. The fourth-order valence-electron chi connectivity index (χ4n) is 6.66. The maximum atomic E-state index is 14.2. The van der Waals surface area contributed by atoms with Crippen LogP contribution in [0.1, 0.15) is 39.5 Å². The summed E-state index contributed by atoms with van der Waals surface area (Å²) in [6, 6.07) is 8.76. The molecule has 2 bridgehead atoms. The molecule has 1 aromatic carbocycles. The number of likely N-dealkylation sites (tertiary alicyclic amines) is 1. The van der Waals surface area contributed by atoms with Gasteiger partial charge < -0.3 is 19.8 Å². The largest absolute Gasteiger partial charge is 0.395 e. The van der Waals surface area contributed by atoms with E-state index in [1.807, 2.05) is 42.2 Å². The quantitative estimate of drug-likeness (QED) is 0.423. The third-order valence-electron chi connectivity index (χ3n) is 8.15. The molecule has 3 saturated heterocycles. The fourth-order valence-corrected chi connectivity index (χ4v) is 8.86. The van der Waals surface area contributed by atoms with Gasteiger partial charge in [0.15, 0.2) is 0 Å². The summed E-state index contributed by atoms with van der Waals surface area (Å²) >= 11 is 1.66. The van der Waals surface area contributed by atoms with Gasteiger partial charge in [-0.3, -0.25) is 14.4 Å². The van der Waals surface area contributed by atoms with Crippen LogP contribution in [0.3, 0.4) is 0 Å². The van der Waals surface area contributed by atoms with Gasteiger partial charge in [0.2, 0.25) is 17.7 Å². The van der Waals surface area contributed by atoms with Gasteiger partial charge in [0.1, 0.15) is 6.04 Å². The van der Waals surface area contributed by atoms with E-state index in [1.54, 1.807) is 33.7 Å². The summed E-state index contributed by atoms with van der Waals surface area (Å²) in [5.74, 6) is -1.49. The third-order valence-corrected chi connectivity index (χ3v) is 10.1. The third kappa shape index (κ3) is 4.63. The Kier molecular flexibility index (Phi) is 8.49.